The third-order valence-electron chi connectivity index (χ3n) is 4.73. The number of hydrogen-bond donors (Lipinski definition) is 1. The van der Waals surface area contributed by atoms with Crippen LogP contribution in [0.3, 0.4) is 0 Å². The van der Waals surface area contributed by atoms with E-state index < -0.39 is 15.9 Å². The summed E-state index contributed by atoms with van der Waals surface area (Å²) in [7, 11) is -4.00. The minimum atomic E-state index is -4.00. The lowest BCUT2D eigenvalue weighted by Crippen LogP contribution is -2.41. The van der Waals surface area contributed by atoms with Crippen molar-refractivity contribution >= 4 is 21.6 Å². The van der Waals surface area contributed by atoms with Crippen LogP contribution in [0.1, 0.15) is 25.5 Å². The standard InChI is InChI=1S/C24H26N2O4S/c1-3-30-23-17-11-10-16-22(23)26(31(28,29)21-14-8-5-9-15-21)18-24(27)25-19(2)20-12-6-4-7-13-20/h4-17,19H,3,18H2,1-2H3,(H,25,27). The number of rotatable bonds is 9. The zero-order valence-corrected chi connectivity index (χ0v) is 18.4. The molecule has 0 saturated carbocycles. The van der Waals surface area contributed by atoms with Gasteiger partial charge in [0.2, 0.25) is 5.91 Å². The SMILES string of the molecule is CCOc1ccccc1N(CC(=O)NC(C)c1ccccc1)S(=O)(=O)c1ccccc1. The first-order chi connectivity index (χ1) is 14.9. The van der Waals surface area contributed by atoms with Crippen molar-refractivity contribution < 1.29 is 17.9 Å². The number of nitrogens with zero attached hydrogens (tertiary/aromatic N) is 1. The fraction of sp³-hybridized carbons (Fsp3) is 0.208. The van der Waals surface area contributed by atoms with Crippen LogP contribution in [0.2, 0.25) is 0 Å². The van der Waals surface area contributed by atoms with Gasteiger partial charge in [0, 0.05) is 0 Å². The predicted octanol–water partition coefficient (Wildman–Crippen LogP) is 4.16. The summed E-state index contributed by atoms with van der Waals surface area (Å²) >= 11 is 0. The smallest absolute Gasteiger partial charge is 0.264 e. The molecular weight excluding hydrogens is 412 g/mol. The van der Waals surface area contributed by atoms with Gasteiger partial charge in [-0.25, -0.2) is 8.42 Å². The van der Waals surface area contributed by atoms with Crippen molar-refractivity contribution in [3.63, 3.8) is 0 Å². The van der Waals surface area contributed by atoms with Crippen LogP contribution in [0, 0.1) is 0 Å². The van der Waals surface area contributed by atoms with Crippen LogP contribution >= 0.6 is 0 Å². The van der Waals surface area contributed by atoms with Gasteiger partial charge in [0.05, 0.1) is 23.2 Å². The summed E-state index contributed by atoms with van der Waals surface area (Å²) in [5.74, 6) is -0.0180. The van der Waals surface area contributed by atoms with Crippen LogP contribution < -0.4 is 14.4 Å². The molecule has 0 aliphatic heterocycles. The summed E-state index contributed by atoms with van der Waals surface area (Å²) < 4.78 is 33.7. The van der Waals surface area contributed by atoms with Gasteiger partial charge in [-0.05, 0) is 43.7 Å². The molecule has 7 heteroatoms. The molecule has 31 heavy (non-hydrogen) atoms. The van der Waals surface area contributed by atoms with Crippen molar-refractivity contribution in [1.29, 1.82) is 0 Å². The van der Waals surface area contributed by atoms with E-state index >= 15 is 0 Å². The van der Waals surface area contributed by atoms with Gasteiger partial charge in [0.25, 0.3) is 10.0 Å². The molecule has 162 valence electrons. The first-order valence-corrected chi connectivity index (χ1v) is 11.5. The molecule has 6 nitrogen and oxygen atoms in total. The number of ether oxygens (including phenoxy) is 1. The highest BCUT2D eigenvalue weighted by molar-refractivity contribution is 7.92. The lowest BCUT2D eigenvalue weighted by Gasteiger charge is -2.26. The topological polar surface area (TPSA) is 75.7 Å². The Kier molecular flexibility index (Phi) is 7.31. The van der Waals surface area contributed by atoms with Crippen molar-refractivity contribution in [2.45, 2.75) is 24.8 Å². The Morgan fingerprint density at radius 2 is 1.52 bits per heavy atom. The summed E-state index contributed by atoms with van der Waals surface area (Å²) in [4.78, 5) is 13.0. The van der Waals surface area contributed by atoms with Crippen molar-refractivity contribution in [1.82, 2.24) is 5.32 Å². The van der Waals surface area contributed by atoms with Crippen molar-refractivity contribution in [2.75, 3.05) is 17.5 Å². The van der Waals surface area contributed by atoms with E-state index in [0.717, 1.165) is 9.87 Å². The molecule has 1 N–H and O–H groups in total. The average Bonchev–Trinajstić information content (AvgIpc) is 2.79. The average molecular weight is 439 g/mol. The maximum Gasteiger partial charge on any atom is 0.264 e. The van der Waals surface area contributed by atoms with Crippen molar-refractivity contribution in [3.8, 4) is 5.75 Å². The van der Waals surface area contributed by atoms with Gasteiger partial charge in [-0.2, -0.15) is 0 Å². The molecule has 0 fully saturated rings. The number of carbonyl (C=O) groups is 1. The molecule has 1 atom stereocenters. The number of benzene rings is 3. The fourth-order valence-electron chi connectivity index (χ4n) is 3.20. The third kappa shape index (κ3) is 5.44. The van der Waals surface area contributed by atoms with Gasteiger partial charge in [-0.3, -0.25) is 9.10 Å². The number of sulfonamides is 1. The van der Waals surface area contributed by atoms with Gasteiger partial charge < -0.3 is 10.1 Å². The second-order valence-corrected chi connectivity index (χ2v) is 8.79. The number of para-hydroxylation sites is 2. The molecule has 0 aliphatic rings. The molecule has 1 amide bonds. The fourth-order valence-corrected chi connectivity index (χ4v) is 4.66. The van der Waals surface area contributed by atoms with E-state index in [1.807, 2.05) is 44.2 Å². The Balaban J connectivity index is 1.94. The first-order valence-electron chi connectivity index (χ1n) is 10.1. The molecule has 3 aromatic rings. The van der Waals surface area contributed by atoms with E-state index in [0.29, 0.717) is 18.0 Å². The zero-order chi connectivity index (χ0) is 22.3. The maximum atomic E-state index is 13.5. The second-order valence-electron chi connectivity index (χ2n) is 6.93. The highest BCUT2D eigenvalue weighted by Gasteiger charge is 2.29. The summed E-state index contributed by atoms with van der Waals surface area (Å²) in [5, 5.41) is 2.89. The molecule has 0 radical (unpaired) electrons. The normalized spacial score (nSPS) is 12.1. The molecule has 3 rings (SSSR count). The monoisotopic (exact) mass is 438 g/mol. The second kappa shape index (κ2) is 10.1. The maximum absolute atomic E-state index is 13.5. The lowest BCUT2D eigenvalue weighted by atomic mass is 10.1. The summed E-state index contributed by atoms with van der Waals surface area (Å²) in [6.45, 7) is 3.67. The lowest BCUT2D eigenvalue weighted by molar-refractivity contribution is -0.120. The summed E-state index contributed by atoms with van der Waals surface area (Å²) in [5.41, 5.74) is 1.25. The molecule has 0 aromatic heterocycles. The molecule has 1 unspecified atom stereocenters. The highest BCUT2D eigenvalue weighted by Crippen LogP contribution is 2.32. The number of amides is 1. The Hall–Kier alpha value is -3.32. The first kappa shape index (κ1) is 22.4. The number of nitrogens with one attached hydrogen (secondary N) is 1. The molecule has 0 heterocycles. The van der Waals surface area contributed by atoms with E-state index in [1.54, 1.807) is 42.5 Å². The molecule has 0 saturated heterocycles. The Morgan fingerprint density at radius 3 is 2.16 bits per heavy atom. The Morgan fingerprint density at radius 1 is 0.935 bits per heavy atom. The van der Waals surface area contributed by atoms with Gasteiger partial charge in [0.15, 0.2) is 0 Å². The quantitative estimate of drug-likeness (QED) is 0.544. The minimum absolute atomic E-state index is 0.102. The van der Waals surface area contributed by atoms with Crippen molar-refractivity contribution in [3.05, 3.63) is 90.5 Å². The molecule has 0 aliphatic carbocycles. The van der Waals surface area contributed by atoms with Crippen LogP contribution in [0.4, 0.5) is 5.69 Å². The largest absolute Gasteiger partial charge is 0.492 e. The number of carbonyl (C=O) groups excluding carboxylic acids is 1. The van der Waals surface area contributed by atoms with Gasteiger partial charge in [-0.15, -0.1) is 0 Å². The summed E-state index contributed by atoms with van der Waals surface area (Å²) in [6, 6.07) is 24.1. The van der Waals surface area contributed by atoms with Gasteiger partial charge >= 0.3 is 0 Å². The van der Waals surface area contributed by atoms with E-state index in [1.165, 1.54) is 12.1 Å². The predicted molar refractivity (Wildman–Crippen MR) is 122 cm³/mol. The van der Waals surface area contributed by atoms with Crippen LogP contribution in [-0.4, -0.2) is 27.5 Å². The Bertz CT molecular complexity index is 1100. The van der Waals surface area contributed by atoms with Crippen LogP contribution in [-0.2, 0) is 14.8 Å². The van der Waals surface area contributed by atoms with Crippen LogP contribution in [0.5, 0.6) is 5.75 Å². The van der Waals surface area contributed by atoms with E-state index in [2.05, 4.69) is 5.32 Å². The van der Waals surface area contributed by atoms with Crippen LogP contribution in [0.25, 0.3) is 0 Å². The van der Waals surface area contributed by atoms with E-state index in [-0.39, 0.29) is 17.5 Å². The van der Waals surface area contributed by atoms with Crippen LogP contribution in [0.15, 0.2) is 89.8 Å². The van der Waals surface area contributed by atoms with E-state index in [9.17, 15) is 13.2 Å². The van der Waals surface area contributed by atoms with E-state index in [4.69, 9.17) is 4.74 Å². The zero-order valence-electron chi connectivity index (χ0n) is 17.6. The van der Waals surface area contributed by atoms with Gasteiger partial charge in [0.1, 0.15) is 12.3 Å². The number of hydrogen-bond acceptors (Lipinski definition) is 4. The number of anilines is 1. The highest BCUT2D eigenvalue weighted by atomic mass is 32.2. The van der Waals surface area contributed by atoms with Gasteiger partial charge in [-0.1, -0.05) is 60.7 Å². The molecule has 3 aromatic carbocycles. The van der Waals surface area contributed by atoms with Crippen molar-refractivity contribution in [2.24, 2.45) is 0 Å². The molecule has 0 bridgehead atoms. The minimum Gasteiger partial charge on any atom is -0.492 e. The molecular formula is C24H26N2O4S. The summed E-state index contributed by atoms with van der Waals surface area (Å²) in [6.07, 6.45) is 0. The molecule has 0 spiro atoms. The Labute approximate surface area is 183 Å². The third-order valence-corrected chi connectivity index (χ3v) is 6.50.